The predicted octanol–water partition coefficient (Wildman–Crippen LogP) is 2.18. The average Bonchev–Trinajstić information content (AvgIpc) is 2.50. The maximum Gasteiger partial charge on any atom is 0.357 e. The van der Waals surface area contributed by atoms with E-state index in [9.17, 15) is 9.59 Å². The number of benzene rings is 1. The summed E-state index contributed by atoms with van der Waals surface area (Å²) in [6, 6.07) is 8.75. The van der Waals surface area contributed by atoms with Crippen molar-refractivity contribution >= 4 is 11.9 Å². The summed E-state index contributed by atoms with van der Waals surface area (Å²) in [5.41, 5.74) is 0.509. The molecule has 20 heavy (non-hydrogen) atoms. The van der Waals surface area contributed by atoms with Crippen LogP contribution in [0.1, 0.15) is 36.0 Å². The van der Waals surface area contributed by atoms with E-state index >= 15 is 0 Å². The van der Waals surface area contributed by atoms with Crippen LogP contribution in [0.4, 0.5) is 0 Å². The second-order valence-corrected chi connectivity index (χ2v) is 4.82. The van der Waals surface area contributed by atoms with E-state index in [1.54, 1.807) is 29.3 Å². The quantitative estimate of drug-likeness (QED) is 0.789. The van der Waals surface area contributed by atoms with Crippen LogP contribution in [0.15, 0.2) is 30.3 Å². The molecule has 1 saturated heterocycles. The van der Waals surface area contributed by atoms with E-state index in [0.29, 0.717) is 12.1 Å². The summed E-state index contributed by atoms with van der Waals surface area (Å²) < 4.78 is 4.68. The van der Waals surface area contributed by atoms with Crippen molar-refractivity contribution < 1.29 is 19.2 Å². The molecule has 0 aromatic heterocycles. The van der Waals surface area contributed by atoms with Gasteiger partial charge < -0.3 is 9.57 Å². The molecule has 1 aliphatic rings. The van der Waals surface area contributed by atoms with Crippen molar-refractivity contribution in [3.63, 3.8) is 0 Å². The molecule has 1 unspecified atom stereocenters. The van der Waals surface area contributed by atoms with Crippen LogP contribution in [0.25, 0.3) is 0 Å². The normalized spacial score (nSPS) is 19.4. The van der Waals surface area contributed by atoms with Crippen molar-refractivity contribution in [1.29, 1.82) is 0 Å². The van der Waals surface area contributed by atoms with Gasteiger partial charge in [0.25, 0.3) is 0 Å². The average molecular weight is 277 g/mol. The largest absolute Gasteiger partial charge is 0.469 e. The molecule has 1 atom stereocenters. The lowest BCUT2D eigenvalue weighted by Crippen LogP contribution is -2.42. The van der Waals surface area contributed by atoms with Crippen LogP contribution in [-0.4, -0.2) is 36.7 Å². The van der Waals surface area contributed by atoms with Crippen LogP contribution in [0.2, 0.25) is 0 Å². The van der Waals surface area contributed by atoms with E-state index in [2.05, 4.69) is 4.74 Å². The third kappa shape index (κ3) is 3.81. The van der Waals surface area contributed by atoms with Crippen LogP contribution in [-0.2, 0) is 14.4 Å². The molecule has 0 spiro atoms. The molecule has 0 bridgehead atoms. The highest BCUT2D eigenvalue weighted by Crippen LogP contribution is 2.21. The number of piperidine rings is 1. The number of esters is 1. The summed E-state index contributed by atoms with van der Waals surface area (Å²) in [6.45, 7) is 0.653. The zero-order valence-corrected chi connectivity index (χ0v) is 11.6. The van der Waals surface area contributed by atoms with Gasteiger partial charge in [0.1, 0.15) is 0 Å². The number of carbonyl (C=O) groups is 2. The summed E-state index contributed by atoms with van der Waals surface area (Å²) in [5.74, 6) is -0.667. The first-order valence-electron chi connectivity index (χ1n) is 6.81. The maximum atomic E-state index is 12.0. The van der Waals surface area contributed by atoms with Crippen LogP contribution in [0, 0.1) is 0 Å². The van der Waals surface area contributed by atoms with Gasteiger partial charge in [-0.1, -0.05) is 24.6 Å². The van der Waals surface area contributed by atoms with Gasteiger partial charge in [0, 0.05) is 6.54 Å². The molecule has 2 rings (SSSR count). The van der Waals surface area contributed by atoms with E-state index < -0.39 is 0 Å². The fourth-order valence-corrected chi connectivity index (χ4v) is 2.31. The Bertz CT molecular complexity index is 460. The molecule has 1 aromatic carbocycles. The lowest BCUT2D eigenvalue weighted by atomic mass is 10.0. The molecule has 1 fully saturated rings. The monoisotopic (exact) mass is 277 g/mol. The number of rotatable bonds is 4. The number of ether oxygens (including phenoxy) is 1. The number of hydrogen-bond acceptors (Lipinski definition) is 5. The Labute approximate surface area is 118 Å². The topological polar surface area (TPSA) is 55.8 Å². The number of hydroxylamine groups is 2. The van der Waals surface area contributed by atoms with Crippen LogP contribution in [0.5, 0.6) is 0 Å². The maximum absolute atomic E-state index is 12.0. The van der Waals surface area contributed by atoms with Gasteiger partial charge in [-0.3, -0.25) is 4.79 Å². The second-order valence-electron chi connectivity index (χ2n) is 4.82. The van der Waals surface area contributed by atoms with E-state index in [0.717, 1.165) is 19.3 Å². The molecule has 5 nitrogen and oxygen atoms in total. The summed E-state index contributed by atoms with van der Waals surface area (Å²) >= 11 is 0. The molecule has 0 N–H and O–H groups in total. The van der Waals surface area contributed by atoms with Gasteiger partial charge in [-0.25, -0.2) is 4.79 Å². The fraction of sp³-hybridized carbons (Fsp3) is 0.467. The Kier molecular flexibility index (Phi) is 5.12. The molecular formula is C15H19NO4. The lowest BCUT2D eigenvalue weighted by molar-refractivity contribution is -0.165. The Hall–Kier alpha value is -1.88. The minimum Gasteiger partial charge on any atom is -0.469 e. The smallest absolute Gasteiger partial charge is 0.357 e. The van der Waals surface area contributed by atoms with Crippen molar-refractivity contribution in [2.24, 2.45) is 0 Å². The van der Waals surface area contributed by atoms with Crippen LogP contribution >= 0.6 is 0 Å². The molecule has 0 radical (unpaired) electrons. The summed E-state index contributed by atoms with van der Waals surface area (Å²) in [5, 5.41) is 1.62. The van der Waals surface area contributed by atoms with Crippen LogP contribution in [0.3, 0.4) is 0 Å². The zero-order valence-electron chi connectivity index (χ0n) is 11.6. The molecule has 0 saturated carbocycles. The van der Waals surface area contributed by atoms with Crippen molar-refractivity contribution in [1.82, 2.24) is 5.06 Å². The molecular weight excluding hydrogens is 258 g/mol. The number of nitrogens with zero attached hydrogens (tertiary/aromatic N) is 1. The van der Waals surface area contributed by atoms with E-state index in [1.165, 1.54) is 7.11 Å². The van der Waals surface area contributed by atoms with Gasteiger partial charge in [-0.15, -0.1) is 5.06 Å². The molecule has 1 aromatic rings. The first kappa shape index (κ1) is 14.5. The molecule has 5 heteroatoms. The molecule has 1 aliphatic heterocycles. The standard InChI is InChI=1S/C15H19NO4/c1-19-14(17)11-13-9-5-6-10-16(13)20-15(18)12-7-3-2-4-8-12/h2-4,7-8,13H,5-6,9-11H2,1H3. The summed E-state index contributed by atoms with van der Waals surface area (Å²) in [6.07, 6.45) is 3.07. The van der Waals surface area contributed by atoms with Crippen LogP contribution < -0.4 is 0 Å². The minimum absolute atomic E-state index is 0.0936. The number of hydrogen-bond donors (Lipinski definition) is 0. The van der Waals surface area contributed by atoms with Gasteiger partial charge >= 0.3 is 11.9 Å². The highest BCUT2D eigenvalue weighted by atomic mass is 16.7. The Morgan fingerprint density at radius 3 is 2.70 bits per heavy atom. The van der Waals surface area contributed by atoms with Crippen molar-refractivity contribution in [3.8, 4) is 0 Å². The van der Waals surface area contributed by atoms with E-state index in [-0.39, 0.29) is 24.4 Å². The van der Waals surface area contributed by atoms with Gasteiger partial charge in [-0.2, -0.15) is 0 Å². The third-order valence-corrected chi connectivity index (χ3v) is 3.41. The first-order chi connectivity index (χ1) is 9.70. The minimum atomic E-state index is -0.387. The van der Waals surface area contributed by atoms with Gasteiger partial charge in [0.15, 0.2) is 0 Å². The third-order valence-electron chi connectivity index (χ3n) is 3.41. The fourth-order valence-electron chi connectivity index (χ4n) is 2.31. The zero-order chi connectivity index (χ0) is 14.4. The summed E-state index contributed by atoms with van der Waals surface area (Å²) in [4.78, 5) is 28.8. The molecule has 1 heterocycles. The van der Waals surface area contributed by atoms with Gasteiger partial charge in [0.2, 0.25) is 0 Å². The number of methoxy groups -OCH3 is 1. The van der Waals surface area contributed by atoms with Gasteiger partial charge in [-0.05, 0) is 25.0 Å². The van der Waals surface area contributed by atoms with E-state index in [4.69, 9.17) is 4.84 Å². The van der Waals surface area contributed by atoms with Crippen molar-refractivity contribution in [2.45, 2.75) is 31.7 Å². The van der Waals surface area contributed by atoms with E-state index in [1.807, 2.05) is 6.07 Å². The van der Waals surface area contributed by atoms with Crippen molar-refractivity contribution in [2.75, 3.05) is 13.7 Å². The Morgan fingerprint density at radius 2 is 2.00 bits per heavy atom. The molecule has 108 valence electrons. The molecule has 0 amide bonds. The highest BCUT2D eigenvalue weighted by molar-refractivity contribution is 5.89. The lowest BCUT2D eigenvalue weighted by Gasteiger charge is -2.33. The first-order valence-corrected chi connectivity index (χ1v) is 6.81. The SMILES string of the molecule is COC(=O)CC1CCCCN1OC(=O)c1ccccc1. The summed E-state index contributed by atoms with van der Waals surface area (Å²) in [7, 11) is 1.37. The number of carbonyl (C=O) groups excluding carboxylic acids is 2. The Morgan fingerprint density at radius 1 is 1.25 bits per heavy atom. The second kappa shape index (κ2) is 7.05. The van der Waals surface area contributed by atoms with Crippen molar-refractivity contribution in [3.05, 3.63) is 35.9 Å². The Balaban J connectivity index is 1.98. The molecule has 0 aliphatic carbocycles. The van der Waals surface area contributed by atoms with Gasteiger partial charge in [0.05, 0.1) is 25.1 Å². The predicted molar refractivity (Wildman–Crippen MR) is 72.8 cm³/mol. The highest BCUT2D eigenvalue weighted by Gasteiger charge is 2.28.